The minimum atomic E-state index is -0.000448. The van der Waals surface area contributed by atoms with Crippen LogP contribution in [0.15, 0.2) is 48.5 Å². The molecule has 0 bridgehead atoms. The second-order valence-electron chi connectivity index (χ2n) is 5.79. The van der Waals surface area contributed by atoms with Gasteiger partial charge in [0.1, 0.15) is 0 Å². The highest BCUT2D eigenvalue weighted by Gasteiger charge is 2.19. The normalized spacial score (nSPS) is 15.8. The molecule has 3 rings (SSSR count). The van der Waals surface area contributed by atoms with E-state index in [1.54, 1.807) is 6.07 Å². The molecule has 0 aromatic heterocycles. The van der Waals surface area contributed by atoms with Gasteiger partial charge >= 0.3 is 0 Å². The number of hydrogen-bond donors (Lipinski definition) is 2. The van der Waals surface area contributed by atoms with Gasteiger partial charge in [-0.25, -0.2) is 0 Å². The predicted molar refractivity (Wildman–Crippen MR) is 90.2 cm³/mol. The summed E-state index contributed by atoms with van der Waals surface area (Å²) in [6.45, 7) is 1.83. The number of rotatable bonds is 3. The van der Waals surface area contributed by atoms with Crippen LogP contribution in [0.4, 0.5) is 11.4 Å². The van der Waals surface area contributed by atoms with E-state index in [0.29, 0.717) is 16.8 Å². The summed E-state index contributed by atoms with van der Waals surface area (Å²) < 4.78 is 0. The molecule has 1 saturated heterocycles. The Morgan fingerprint density at radius 1 is 1.00 bits per heavy atom. The molecule has 1 aliphatic heterocycles. The number of nitrogen functional groups attached to an aromatic ring is 1. The fraction of sp³-hybridized carbons (Fsp3) is 0.278. The van der Waals surface area contributed by atoms with Gasteiger partial charge in [0.2, 0.25) is 0 Å². The topological polar surface area (TPSA) is 72.4 Å². The van der Waals surface area contributed by atoms with E-state index in [-0.39, 0.29) is 11.8 Å². The highest BCUT2D eigenvalue weighted by Crippen LogP contribution is 2.27. The molecule has 114 valence electrons. The molecule has 0 atom stereocenters. The van der Waals surface area contributed by atoms with Crippen LogP contribution in [0.3, 0.4) is 0 Å². The van der Waals surface area contributed by atoms with Crippen molar-refractivity contribution in [2.45, 2.75) is 18.9 Å². The van der Waals surface area contributed by atoms with Gasteiger partial charge in [-0.05, 0) is 31.0 Å². The number of hydrogen-bond acceptors (Lipinski definition) is 4. The molecule has 2 aromatic carbocycles. The maximum Gasteiger partial charge on any atom is 0.193 e. The fourth-order valence-electron chi connectivity index (χ4n) is 2.88. The van der Waals surface area contributed by atoms with Gasteiger partial charge in [-0.15, -0.1) is 0 Å². The molecule has 4 heteroatoms. The van der Waals surface area contributed by atoms with Gasteiger partial charge in [0.15, 0.2) is 5.78 Å². The monoisotopic (exact) mass is 295 g/mol. The van der Waals surface area contributed by atoms with Crippen LogP contribution in [0.1, 0.15) is 28.8 Å². The zero-order chi connectivity index (χ0) is 15.5. The van der Waals surface area contributed by atoms with Gasteiger partial charge in [-0.1, -0.05) is 30.3 Å². The molecule has 22 heavy (non-hydrogen) atoms. The van der Waals surface area contributed by atoms with E-state index in [1.807, 2.05) is 42.5 Å². The van der Waals surface area contributed by atoms with E-state index >= 15 is 0 Å². The molecule has 1 heterocycles. The first kappa shape index (κ1) is 14.6. The molecular formula is C18H21N3O. The van der Waals surface area contributed by atoms with Crippen molar-refractivity contribution in [2.24, 2.45) is 5.73 Å². The van der Waals surface area contributed by atoms with E-state index in [4.69, 9.17) is 11.5 Å². The number of carbonyl (C=O) groups is 1. The summed E-state index contributed by atoms with van der Waals surface area (Å²) in [7, 11) is 0. The van der Waals surface area contributed by atoms with Crippen molar-refractivity contribution in [1.82, 2.24) is 0 Å². The summed E-state index contributed by atoms with van der Waals surface area (Å²) in [5.41, 5.74) is 15.1. The highest BCUT2D eigenvalue weighted by molar-refractivity contribution is 6.09. The van der Waals surface area contributed by atoms with Crippen LogP contribution in [0.25, 0.3) is 0 Å². The Bertz CT molecular complexity index is 661. The number of ketones is 1. The number of anilines is 2. The lowest BCUT2D eigenvalue weighted by molar-refractivity contribution is 0.103. The van der Waals surface area contributed by atoms with E-state index < -0.39 is 0 Å². The van der Waals surface area contributed by atoms with Gasteiger partial charge in [-0.2, -0.15) is 0 Å². The van der Waals surface area contributed by atoms with Crippen molar-refractivity contribution in [2.75, 3.05) is 23.7 Å². The lowest BCUT2D eigenvalue weighted by Crippen LogP contribution is -2.39. The van der Waals surface area contributed by atoms with Crippen LogP contribution in [0.2, 0.25) is 0 Å². The molecular weight excluding hydrogens is 274 g/mol. The first-order valence-electron chi connectivity index (χ1n) is 7.65. The minimum Gasteiger partial charge on any atom is -0.397 e. The Hall–Kier alpha value is -2.33. The molecule has 0 saturated carbocycles. The molecule has 2 aromatic rings. The zero-order valence-electron chi connectivity index (χ0n) is 12.5. The van der Waals surface area contributed by atoms with Crippen LogP contribution in [-0.2, 0) is 0 Å². The third-order valence-electron chi connectivity index (χ3n) is 4.21. The highest BCUT2D eigenvalue weighted by atomic mass is 16.1. The Balaban J connectivity index is 1.82. The van der Waals surface area contributed by atoms with E-state index in [1.165, 1.54) is 0 Å². The quantitative estimate of drug-likeness (QED) is 0.674. The van der Waals surface area contributed by atoms with Crippen molar-refractivity contribution < 1.29 is 4.79 Å². The van der Waals surface area contributed by atoms with Crippen LogP contribution >= 0.6 is 0 Å². The third-order valence-corrected chi connectivity index (χ3v) is 4.21. The van der Waals surface area contributed by atoms with Crippen LogP contribution in [0.5, 0.6) is 0 Å². The van der Waals surface area contributed by atoms with Gasteiger partial charge in [0.25, 0.3) is 0 Å². The van der Waals surface area contributed by atoms with Crippen LogP contribution in [-0.4, -0.2) is 24.9 Å². The van der Waals surface area contributed by atoms with Gasteiger partial charge in [-0.3, -0.25) is 4.79 Å². The smallest absolute Gasteiger partial charge is 0.193 e. The average molecular weight is 295 g/mol. The molecule has 0 radical (unpaired) electrons. The molecule has 4 N–H and O–H groups in total. The second-order valence-corrected chi connectivity index (χ2v) is 5.79. The first-order valence-corrected chi connectivity index (χ1v) is 7.65. The van der Waals surface area contributed by atoms with Crippen LogP contribution < -0.4 is 16.4 Å². The van der Waals surface area contributed by atoms with Gasteiger partial charge < -0.3 is 16.4 Å². The molecule has 0 aliphatic carbocycles. The summed E-state index contributed by atoms with van der Waals surface area (Å²) in [6.07, 6.45) is 1.95. The van der Waals surface area contributed by atoms with E-state index in [2.05, 4.69) is 4.90 Å². The molecule has 1 aliphatic rings. The minimum absolute atomic E-state index is 0.000448. The third kappa shape index (κ3) is 2.97. The van der Waals surface area contributed by atoms with E-state index in [0.717, 1.165) is 31.6 Å². The summed E-state index contributed by atoms with van der Waals surface area (Å²) in [5.74, 6) is -0.000448. The number of carbonyl (C=O) groups excluding carboxylic acids is 1. The van der Waals surface area contributed by atoms with Crippen LogP contribution in [0, 0.1) is 0 Å². The number of piperidine rings is 1. The Morgan fingerprint density at radius 3 is 2.32 bits per heavy atom. The molecule has 0 amide bonds. The Kier molecular flexibility index (Phi) is 4.11. The van der Waals surface area contributed by atoms with Crippen molar-refractivity contribution in [3.63, 3.8) is 0 Å². The van der Waals surface area contributed by atoms with Crippen molar-refractivity contribution in [3.8, 4) is 0 Å². The molecule has 0 spiro atoms. The summed E-state index contributed by atoms with van der Waals surface area (Å²) in [5, 5.41) is 0. The largest absolute Gasteiger partial charge is 0.397 e. The summed E-state index contributed by atoms with van der Waals surface area (Å²) in [4.78, 5) is 14.7. The Morgan fingerprint density at radius 2 is 1.68 bits per heavy atom. The number of benzene rings is 2. The number of nitrogens with zero attached hydrogens (tertiary/aromatic N) is 1. The predicted octanol–water partition coefficient (Wildman–Crippen LogP) is 2.43. The fourth-order valence-corrected chi connectivity index (χ4v) is 2.88. The second kappa shape index (κ2) is 6.20. The number of nitrogens with two attached hydrogens (primary N) is 2. The standard InChI is InChI=1S/C18H21N3O/c19-15-8-10-21(11-9-15)17-7-6-14(12-16(17)20)18(22)13-4-2-1-3-5-13/h1-7,12,15H,8-11,19-20H2. The lowest BCUT2D eigenvalue weighted by atomic mass is 10.0. The maximum absolute atomic E-state index is 12.4. The summed E-state index contributed by atoms with van der Waals surface area (Å²) in [6, 6.07) is 15.1. The molecule has 1 fully saturated rings. The Labute approximate surface area is 130 Å². The van der Waals surface area contributed by atoms with Crippen molar-refractivity contribution >= 4 is 17.2 Å². The first-order chi connectivity index (χ1) is 10.6. The van der Waals surface area contributed by atoms with E-state index in [9.17, 15) is 4.79 Å². The average Bonchev–Trinajstić information content (AvgIpc) is 2.56. The maximum atomic E-state index is 12.4. The zero-order valence-corrected chi connectivity index (χ0v) is 12.5. The van der Waals surface area contributed by atoms with Crippen molar-refractivity contribution in [3.05, 3.63) is 59.7 Å². The SMILES string of the molecule is Nc1cc(C(=O)c2ccccc2)ccc1N1CCC(N)CC1. The molecule has 4 nitrogen and oxygen atoms in total. The molecule has 0 unspecified atom stereocenters. The lowest BCUT2D eigenvalue weighted by Gasteiger charge is -2.32. The van der Waals surface area contributed by atoms with Gasteiger partial charge in [0, 0.05) is 30.3 Å². The summed E-state index contributed by atoms with van der Waals surface area (Å²) >= 11 is 0. The van der Waals surface area contributed by atoms with Crippen molar-refractivity contribution in [1.29, 1.82) is 0 Å². The van der Waals surface area contributed by atoms with Gasteiger partial charge in [0.05, 0.1) is 11.4 Å².